The van der Waals surface area contributed by atoms with Crippen molar-refractivity contribution in [2.24, 2.45) is 5.22 Å². The Hall–Kier alpha value is -2.16. The number of aldehydes is 1. The maximum absolute atomic E-state index is 12.7. The predicted octanol–water partition coefficient (Wildman–Crippen LogP) is 2.06. The van der Waals surface area contributed by atoms with E-state index in [4.69, 9.17) is 5.53 Å². The normalized spacial score (nSPS) is 12.8. The standard InChI is InChI=1S/C10H11F3N4O2/c1-15-9(10(11,12)13)17(16-14)7-2-3-8(19)6(4-7)5-18/h2-5,9,14-15,19H,1H3. The van der Waals surface area contributed by atoms with Crippen LogP contribution in [-0.4, -0.2) is 30.8 Å². The molecule has 0 saturated heterocycles. The van der Waals surface area contributed by atoms with E-state index in [1.807, 2.05) is 5.32 Å². The highest BCUT2D eigenvalue weighted by molar-refractivity contribution is 5.81. The van der Waals surface area contributed by atoms with Crippen molar-refractivity contribution in [2.45, 2.75) is 12.3 Å². The lowest BCUT2D eigenvalue weighted by Crippen LogP contribution is -2.51. The van der Waals surface area contributed by atoms with Crippen LogP contribution in [0.4, 0.5) is 18.9 Å². The van der Waals surface area contributed by atoms with E-state index in [0.717, 1.165) is 25.2 Å². The minimum Gasteiger partial charge on any atom is -0.507 e. The third-order valence-electron chi connectivity index (χ3n) is 2.34. The maximum Gasteiger partial charge on any atom is 0.424 e. The number of phenolic OH excluding ortho intramolecular Hbond substituents is 1. The van der Waals surface area contributed by atoms with Crippen LogP contribution in [0.25, 0.3) is 0 Å². The number of halogens is 3. The van der Waals surface area contributed by atoms with E-state index in [1.54, 1.807) is 0 Å². The van der Waals surface area contributed by atoms with Crippen molar-refractivity contribution >= 4 is 12.0 Å². The van der Waals surface area contributed by atoms with Crippen molar-refractivity contribution in [3.05, 3.63) is 23.8 Å². The lowest BCUT2D eigenvalue weighted by molar-refractivity contribution is -0.154. The first-order valence-electron chi connectivity index (χ1n) is 5.04. The largest absolute Gasteiger partial charge is 0.507 e. The first-order chi connectivity index (χ1) is 8.85. The molecule has 1 rings (SSSR count). The molecule has 1 aromatic rings. The van der Waals surface area contributed by atoms with E-state index >= 15 is 0 Å². The Morgan fingerprint density at radius 2 is 2.16 bits per heavy atom. The van der Waals surface area contributed by atoms with Crippen molar-refractivity contribution in [3.63, 3.8) is 0 Å². The Labute approximate surface area is 106 Å². The SMILES string of the molecule is CNC(N(N=N)c1ccc(O)c(C=O)c1)C(F)(F)F. The van der Waals surface area contributed by atoms with Crippen molar-refractivity contribution in [1.82, 2.24) is 5.32 Å². The van der Waals surface area contributed by atoms with Gasteiger partial charge in [-0.1, -0.05) is 5.22 Å². The smallest absolute Gasteiger partial charge is 0.424 e. The third kappa shape index (κ3) is 3.19. The molecule has 1 aromatic carbocycles. The zero-order valence-electron chi connectivity index (χ0n) is 9.77. The number of phenols is 1. The van der Waals surface area contributed by atoms with Crippen LogP contribution >= 0.6 is 0 Å². The van der Waals surface area contributed by atoms with E-state index in [1.165, 1.54) is 0 Å². The number of benzene rings is 1. The molecule has 0 bridgehead atoms. The summed E-state index contributed by atoms with van der Waals surface area (Å²) in [6, 6.07) is 3.19. The number of nitrogens with one attached hydrogen (secondary N) is 2. The number of alkyl halides is 3. The van der Waals surface area contributed by atoms with Gasteiger partial charge in [-0.2, -0.15) is 18.7 Å². The lowest BCUT2D eigenvalue weighted by atomic mass is 10.2. The second-order valence-corrected chi connectivity index (χ2v) is 3.54. The summed E-state index contributed by atoms with van der Waals surface area (Å²) in [6.07, 6.45) is -6.59. The average molecular weight is 276 g/mol. The molecule has 6 nitrogen and oxygen atoms in total. The lowest BCUT2D eigenvalue weighted by Gasteiger charge is -2.29. The van der Waals surface area contributed by atoms with Gasteiger partial charge in [0.1, 0.15) is 5.75 Å². The van der Waals surface area contributed by atoms with E-state index in [-0.39, 0.29) is 17.0 Å². The highest BCUT2D eigenvalue weighted by Gasteiger charge is 2.43. The minimum absolute atomic E-state index is 0.147. The van der Waals surface area contributed by atoms with Gasteiger partial charge in [0.25, 0.3) is 0 Å². The van der Waals surface area contributed by atoms with Crippen LogP contribution in [0.1, 0.15) is 10.4 Å². The second-order valence-electron chi connectivity index (χ2n) is 3.54. The van der Waals surface area contributed by atoms with Crippen LogP contribution in [0.15, 0.2) is 23.4 Å². The van der Waals surface area contributed by atoms with Gasteiger partial charge >= 0.3 is 6.18 Å². The van der Waals surface area contributed by atoms with Crippen LogP contribution < -0.4 is 10.3 Å². The van der Waals surface area contributed by atoms with Crippen LogP contribution in [0.3, 0.4) is 0 Å². The van der Waals surface area contributed by atoms with Crippen molar-refractivity contribution in [2.75, 3.05) is 12.1 Å². The van der Waals surface area contributed by atoms with E-state index in [9.17, 15) is 23.1 Å². The fourth-order valence-corrected chi connectivity index (χ4v) is 1.47. The zero-order chi connectivity index (χ0) is 14.6. The molecular weight excluding hydrogens is 265 g/mol. The Morgan fingerprint density at radius 3 is 2.58 bits per heavy atom. The molecule has 3 N–H and O–H groups in total. The molecule has 0 aliphatic rings. The summed E-state index contributed by atoms with van der Waals surface area (Å²) in [5.41, 5.74) is 6.51. The molecular formula is C10H11F3N4O2. The number of anilines is 1. The summed E-state index contributed by atoms with van der Waals surface area (Å²) in [6.45, 7) is 0. The second kappa shape index (κ2) is 5.65. The number of aromatic hydroxyl groups is 1. The van der Waals surface area contributed by atoms with Crippen LogP contribution in [0.2, 0.25) is 0 Å². The van der Waals surface area contributed by atoms with Gasteiger partial charge in [-0.3, -0.25) is 10.1 Å². The highest BCUT2D eigenvalue weighted by Crippen LogP contribution is 2.30. The molecule has 9 heteroatoms. The minimum atomic E-state index is -4.67. The van der Waals surface area contributed by atoms with E-state index in [0.29, 0.717) is 11.3 Å². The average Bonchev–Trinajstić information content (AvgIpc) is 2.35. The summed E-state index contributed by atoms with van der Waals surface area (Å²) in [7, 11) is 1.07. The number of hydrogen-bond donors (Lipinski definition) is 3. The van der Waals surface area contributed by atoms with Gasteiger partial charge < -0.3 is 5.11 Å². The molecule has 0 fully saturated rings. The molecule has 0 amide bonds. The molecule has 0 spiro atoms. The van der Waals surface area contributed by atoms with Crippen LogP contribution in [0, 0.1) is 5.53 Å². The molecule has 0 aromatic heterocycles. The van der Waals surface area contributed by atoms with E-state index in [2.05, 4.69) is 5.22 Å². The van der Waals surface area contributed by atoms with Gasteiger partial charge in [-0.05, 0) is 25.2 Å². The van der Waals surface area contributed by atoms with Gasteiger partial charge in [0.05, 0.1) is 11.3 Å². The summed E-state index contributed by atoms with van der Waals surface area (Å²) in [4.78, 5) is 10.6. The molecule has 19 heavy (non-hydrogen) atoms. The molecule has 0 saturated carbocycles. The summed E-state index contributed by atoms with van der Waals surface area (Å²) < 4.78 is 38.2. The molecule has 0 aliphatic carbocycles. The van der Waals surface area contributed by atoms with Gasteiger partial charge in [0.2, 0.25) is 0 Å². The monoisotopic (exact) mass is 276 g/mol. The van der Waals surface area contributed by atoms with Crippen molar-refractivity contribution < 1.29 is 23.1 Å². The highest BCUT2D eigenvalue weighted by atomic mass is 19.4. The van der Waals surface area contributed by atoms with Gasteiger partial charge in [0, 0.05) is 0 Å². The Balaban J connectivity index is 3.23. The molecule has 0 radical (unpaired) electrons. The van der Waals surface area contributed by atoms with Crippen molar-refractivity contribution in [1.29, 1.82) is 5.53 Å². The summed E-state index contributed by atoms with van der Waals surface area (Å²) >= 11 is 0. The number of rotatable bonds is 5. The Kier molecular flexibility index (Phi) is 4.43. The first kappa shape index (κ1) is 14.9. The first-order valence-corrected chi connectivity index (χ1v) is 5.04. The summed E-state index contributed by atoms with van der Waals surface area (Å²) in [5, 5.41) is 14.4. The fraction of sp³-hybridized carbons (Fsp3) is 0.300. The molecule has 1 atom stereocenters. The van der Waals surface area contributed by atoms with Crippen LogP contribution in [0.5, 0.6) is 5.75 Å². The van der Waals surface area contributed by atoms with Gasteiger partial charge in [-0.25, -0.2) is 5.01 Å². The third-order valence-corrected chi connectivity index (χ3v) is 2.34. The van der Waals surface area contributed by atoms with Crippen LogP contribution in [-0.2, 0) is 0 Å². The Morgan fingerprint density at radius 1 is 1.53 bits per heavy atom. The number of carbonyl (C=O) groups excluding carboxylic acids is 1. The fourth-order valence-electron chi connectivity index (χ4n) is 1.47. The maximum atomic E-state index is 12.7. The molecule has 0 aliphatic heterocycles. The van der Waals surface area contributed by atoms with Crippen molar-refractivity contribution in [3.8, 4) is 5.75 Å². The van der Waals surface area contributed by atoms with E-state index < -0.39 is 12.3 Å². The summed E-state index contributed by atoms with van der Waals surface area (Å²) in [5.74, 6) is -0.364. The number of carbonyl (C=O) groups is 1. The molecule has 1 unspecified atom stereocenters. The molecule has 104 valence electrons. The zero-order valence-corrected chi connectivity index (χ0v) is 9.77. The quantitative estimate of drug-likeness (QED) is 0.332. The predicted molar refractivity (Wildman–Crippen MR) is 60.0 cm³/mol. The van der Waals surface area contributed by atoms with Gasteiger partial charge in [-0.15, -0.1) is 0 Å². The number of hydrogen-bond acceptors (Lipinski definition) is 5. The molecule has 0 heterocycles. The topological polar surface area (TPSA) is 88.8 Å². The van der Waals surface area contributed by atoms with Gasteiger partial charge in [0.15, 0.2) is 12.5 Å². The Bertz CT molecular complexity index is 478. The number of nitrogens with zero attached hydrogens (tertiary/aromatic N) is 2.